The standard InChI is InChI=1S/C12H10O2/c1-8-2-3-10-7-11(12(13)14)5-4-9(10)6-8/h2-7H,1H3,(H,13,14). The van der Waals surface area contributed by atoms with Gasteiger partial charge in [-0.25, -0.2) is 4.79 Å². The van der Waals surface area contributed by atoms with E-state index in [0.717, 1.165) is 10.8 Å². The summed E-state index contributed by atoms with van der Waals surface area (Å²) < 4.78 is 0. The summed E-state index contributed by atoms with van der Waals surface area (Å²) in [4.78, 5) is 10.7. The zero-order chi connectivity index (χ0) is 10.1. The lowest BCUT2D eigenvalue weighted by Crippen LogP contribution is -1.95. The molecule has 0 unspecified atom stereocenters. The molecule has 0 radical (unpaired) electrons. The molecule has 0 atom stereocenters. The van der Waals surface area contributed by atoms with Gasteiger partial charge in [0, 0.05) is 0 Å². The smallest absolute Gasteiger partial charge is 0.335 e. The normalized spacial score (nSPS) is 10.4. The number of fused-ring (bicyclic) bond motifs is 1. The molecule has 2 aromatic rings. The molecule has 1 N–H and O–H groups in total. The molecule has 2 aromatic carbocycles. The second kappa shape index (κ2) is 3.14. The van der Waals surface area contributed by atoms with Gasteiger partial charge in [0.05, 0.1) is 5.56 Å². The second-order valence-corrected chi connectivity index (χ2v) is 3.37. The number of carboxylic acids is 1. The Morgan fingerprint density at radius 2 is 1.71 bits per heavy atom. The number of hydrogen-bond acceptors (Lipinski definition) is 1. The van der Waals surface area contributed by atoms with Gasteiger partial charge in [-0.1, -0.05) is 29.8 Å². The van der Waals surface area contributed by atoms with Crippen LogP contribution in [0.4, 0.5) is 0 Å². The van der Waals surface area contributed by atoms with Gasteiger partial charge in [-0.15, -0.1) is 0 Å². The molecule has 0 aliphatic carbocycles. The van der Waals surface area contributed by atoms with Crippen LogP contribution in [0.2, 0.25) is 0 Å². The first-order chi connectivity index (χ1) is 6.66. The van der Waals surface area contributed by atoms with Crippen LogP contribution in [0.3, 0.4) is 0 Å². The minimum absolute atomic E-state index is 0.335. The Balaban J connectivity index is 2.67. The third-order valence-corrected chi connectivity index (χ3v) is 2.24. The molecule has 0 aromatic heterocycles. The summed E-state index contributed by atoms with van der Waals surface area (Å²) in [5, 5.41) is 10.8. The van der Waals surface area contributed by atoms with Crippen molar-refractivity contribution in [3.8, 4) is 0 Å². The number of carbonyl (C=O) groups is 1. The fourth-order valence-electron chi connectivity index (χ4n) is 1.50. The van der Waals surface area contributed by atoms with Crippen LogP contribution in [0.25, 0.3) is 10.8 Å². The number of aryl methyl sites for hydroxylation is 1. The predicted octanol–water partition coefficient (Wildman–Crippen LogP) is 2.85. The summed E-state index contributed by atoms with van der Waals surface area (Å²) in [7, 11) is 0. The lowest BCUT2D eigenvalue weighted by molar-refractivity contribution is 0.0697. The number of hydrogen-bond donors (Lipinski definition) is 1. The average molecular weight is 186 g/mol. The van der Waals surface area contributed by atoms with E-state index in [1.807, 2.05) is 31.2 Å². The molecular formula is C12H10O2. The molecular weight excluding hydrogens is 176 g/mol. The molecule has 0 saturated heterocycles. The van der Waals surface area contributed by atoms with Crippen LogP contribution < -0.4 is 0 Å². The third kappa shape index (κ3) is 1.46. The minimum atomic E-state index is -0.882. The van der Waals surface area contributed by atoms with Gasteiger partial charge in [-0.2, -0.15) is 0 Å². The fraction of sp³-hybridized carbons (Fsp3) is 0.0833. The first-order valence-electron chi connectivity index (χ1n) is 4.40. The zero-order valence-electron chi connectivity index (χ0n) is 7.82. The zero-order valence-corrected chi connectivity index (χ0v) is 7.82. The Kier molecular flexibility index (Phi) is 1.97. The Morgan fingerprint density at radius 1 is 1.07 bits per heavy atom. The first-order valence-corrected chi connectivity index (χ1v) is 4.40. The van der Waals surface area contributed by atoms with Crippen molar-refractivity contribution >= 4 is 16.7 Å². The van der Waals surface area contributed by atoms with Crippen LogP contribution in [0.5, 0.6) is 0 Å². The maximum absolute atomic E-state index is 10.7. The summed E-state index contributed by atoms with van der Waals surface area (Å²) in [5.41, 5.74) is 1.52. The van der Waals surface area contributed by atoms with E-state index in [1.165, 1.54) is 5.56 Å². The number of benzene rings is 2. The van der Waals surface area contributed by atoms with Crippen LogP contribution in [-0.2, 0) is 0 Å². The molecule has 0 heterocycles. The monoisotopic (exact) mass is 186 g/mol. The third-order valence-electron chi connectivity index (χ3n) is 2.24. The Bertz CT molecular complexity index is 501. The number of aromatic carboxylic acids is 1. The number of carboxylic acid groups (broad SMARTS) is 1. The van der Waals surface area contributed by atoms with Gasteiger partial charge < -0.3 is 5.11 Å². The van der Waals surface area contributed by atoms with Crippen LogP contribution in [0.1, 0.15) is 15.9 Å². The van der Waals surface area contributed by atoms with Crippen molar-refractivity contribution in [1.29, 1.82) is 0 Å². The van der Waals surface area contributed by atoms with Gasteiger partial charge >= 0.3 is 5.97 Å². The Hall–Kier alpha value is -1.83. The van der Waals surface area contributed by atoms with Gasteiger partial charge in [0.1, 0.15) is 0 Å². The Morgan fingerprint density at radius 3 is 2.43 bits per heavy atom. The SMILES string of the molecule is Cc1ccc2cc(C(=O)O)ccc2c1. The summed E-state index contributed by atoms with van der Waals surface area (Å²) in [6, 6.07) is 11.1. The van der Waals surface area contributed by atoms with E-state index in [1.54, 1.807) is 12.1 Å². The lowest BCUT2D eigenvalue weighted by Gasteiger charge is -2.00. The van der Waals surface area contributed by atoms with Gasteiger partial charge in [-0.3, -0.25) is 0 Å². The molecule has 0 aliphatic heterocycles. The molecule has 0 fully saturated rings. The van der Waals surface area contributed by atoms with Gasteiger partial charge in [0.25, 0.3) is 0 Å². The molecule has 2 heteroatoms. The fourth-order valence-corrected chi connectivity index (χ4v) is 1.50. The number of rotatable bonds is 1. The highest BCUT2D eigenvalue weighted by atomic mass is 16.4. The van der Waals surface area contributed by atoms with E-state index in [9.17, 15) is 4.79 Å². The van der Waals surface area contributed by atoms with Crippen LogP contribution >= 0.6 is 0 Å². The molecule has 0 amide bonds. The summed E-state index contributed by atoms with van der Waals surface area (Å²) in [5.74, 6) is -0.882. The van der Waals surface area contributed by atoms with Crippen molar-refractivity contribution < 1.29 is 9.90 Å². The lowest BCUT2D eigenvalue weighted by atomic mass is 10.1. The molecule has 2 nitrogen and oxygen atoms in total. The quantitative estimate of drug-likeness (QED) is 0.743. The van der Waals surface area contributed by atoms with Crippen molar-refractivity contribution in [3.05, 3.63) is 47.5 Å². The minimum Gasteiger partial charge on any atom is -0.478 e. The molecule has 14 heavy (non-hydrogen) atoms. The van der Waals surface area contributed by atoms with E-state index in [2.05, 4.69) is 0 Å². The van der Waals surface area contributed by atoms with Gasteiger partial charge in [0.15, 0.2) is 0 Å². The van der Waals surface area contributed by atoms with Crippen molar-refractivity contribution in [2.45, 2.75) is 6.92 Å². The van der Waals surface area contributed by atoms with Crippen molar-refractivity contribution in [2.24, 2.45) is 0 Å². The molecule has 0 saturated carbocycles. The summed E-state index contributed by atoms with van der Waals surface area (Å²) in [6.07, 6.45) is 0. The molecule has 2 rings (SSSR count). The van der Waals surface area contributed by atoms with E-state index >= 15 is 0 Å². The van der Waals surface area contributed by atoms with E-state index in [4.69, 9.17) is 5.11 Å². The summed E-state index contributed by atoms with van der Waals surface area (Å²) >= 11 is 0. The largest absolute Gasteiger partial charge is 0.478 e. The van der Waals surface area contributed by atoms with Crippen molar-refractivity contribution in [1.82, 2.24) is 0 Å². The summed E-state index contributed by atoms with van der Waals surface area (Å²) in [6.45, 7) is 2.02. The first kappa shape index (κ1) is 8.75. The molecule has 70 valence electrons. The highest BCUT2D eigenvalue weighted by Gasteiger charge is 2.02. The molecule has 0 bridgehead atoms. The van der Waals surface area contributed by atoms with Crippen LogP contribution in [0, 0.1) is 6.92 Å². The van der Waals surface area contributed by atoms with Gasteiger partial charge in [0.2, 0.25) is 0 Å². The van der Waals surface area contributed by atoms with E-state index < -0.39 is 5.97 Å². The average Bonchev–Trinajstić information content (AvgIpc) is 2.16. The van der Waals surface area contributed by atoms with Crippen molar-refractivity contribution in [2.75, 3.05) is 0 Å². The maximum Gasteiger partial charge on any atom is 0.335 e. The topological polar surface area (TPSA) is 37.3 Å². The van der Waals surface area contributed by atoms with E-state index in [-0.39, 0.29) is 0 Å². The highest BCUT2D eigenvalue weighted by Crippen LogP contribution is 2.17. The second-order valence-electron chi connectivity index (χ2n) is 3.37. The van der Waals surface area contributed by atoms with Crippen molar-refractivity contribution in [3.63, 3.8) is 0 Å². The van der Waals surface area contributed by atoms with Crippen LogP contribution in [0.15, 0.2) is 36.4 Å². The highest BCUT2D eigenvalue weighted by molar-refractivity contribution is 5.94. The Labute approximate surface area is 81.8 Å². The predicted molar refractivity (Wildman–Crippen MR) is 55.6 cm³/mol. The van der Waals surface area contributed by atoms with Gasteiger partial charge in [-0.05, 0) is 29.8 Å². The van der Waals surface area contributed by atoms with Crippen LogP contribution in [-0.4, -0.2) is 11.1 Å². The van der Waals surface area contributed by atoms with E-state index in [0.29, 0.717) is 5.56 Å². The molecule has 0 spiro atoms. The molecule has 0 aliphatic rings. The maximum atomic E-state index is 10.7.